The zero-order valence-electron chi connectivity index (χ0n) is 10.8. The topological polar surface area (TPSA) is 21.3 Å². The molecule has 17 heavy (non-hydrogen) atoms. The van der Waals surface area contributed by atoms with E-state index in [4.69, 9.17) is 4.74 Å². The molecule has 1 N–H and O–H groups in total. The lowest BCUT2D eigenvalue weighted by molar-refractivity contribution is 0.290. The first-order valence-corrected chi connectivity index (χ1v) is 6.33. The van der Waals surface area contributed by atoms with E-state index in [0.29, 0.717) is 12.4 Å². The van der Waals surface area contributed by atoms with Gasteiger partial charge in [-0.3, -0.25) is 0 Å². The average molecular weight is 239 g/mol. The third kappa shape index (κ3) is 5.68. The van der Waals surface area contributed by atoms with E-state index in [9.17, 15) is 4.39 Å². The molecule has 0 radical (unpaired) electrons. The zero-order valence-corrected chi connectivity index (χ0v) is 10.8. The first-order chi connectivity index (χ1) is 8.24. The highest BCUT2D eigenvalue weighted by Gasteiger charge is 2.02. The Balaban J connectivity index is 2.15. The van der Waals surface area contributed by atoms with Gasteiger partial charge in [-0.25, -0.2) is 4.39 Å². The maximum atomic E-state index is 13.3. The molecule has 3 heteroatoms. The highest BCUT2D eigenvalue weighted by molar-refractivity contribution is 5.29. The molecule has 0 aliphatic rings. The molecule has 0 fully saturated rings. The highest BCUT2D eigenvalue weighted by atomic mass is 19.1. The molecule has 0 unspecified atom stereocenters. The summed E-state index contributed by atoms with van der Waals surface area (Å²) in [5.74, 6) is 0.0972. The molecule has 0 saturated heterocycles. The fourth-order valence-electron chi connectivity index (χ4n) is 1.61. The summed E-state index contributed by atoms with van der Waals surface area (Å²) < 4.78 is 18.7. The maximum absolute atomic E-state index is 13.3. The fourth-order valence-corrected chi connectivity index (χ4v) is 1.61. The van der Waals surface area contributed by atoms with Gasteiger partial charge in [0.05, 0.1) is 6.61 Å². The second-order valence-corrected chi connectivity index (χ2v) is 4.20. The van der Waals surface area contributed by atoms with Gasteiger partial charge in [0.1, 0.15) is 0 Å². The van der Waals surface area contributed by atoms with Crippen LogP contribution in [0.4, 0.5) is 4.39 Å². The Bertz CT molecular complexity index is 328. The molecule has 0 spiro atoms. The summed E-state index contributed by atoms with van der Waals surface area (Å²) in [7, 11) is 0. The molecule has 0 bridgehead atoms. The third-order valence-electron chi connectivity index (χ3n) is 2.59. The molecule has 0 aliphatic heterocycles. The normalized spacial score (nSPS) is 10.5. The Labute approximate surface area is 103 Å². The minimum atomic E-state index is -0.275. The summed E-state index contributed by atoms with van der Waals surface area (Å²) in [6.45, 7) is 6.69. The van der Waals surface area contributed by atoms with Crippen molar-refractivity contribution in [2.75, 3.05) is 19.7 Å². The van der Waals surface area contributed by atoms with E-state index in [1.807, 2.05) is 6.92 Å². The summed E-state index contributed by atoms with van der Waals surface area (Å²) in [6, 6.07) is 4.95. The molecule has 96 valence electrons. The first kappa shape index (κ1) is 14.0. The number of unbranched alkanes of at least 4 members (excludes halogenated alkanes) is 2. The number of aryl methyl sites for hydroxylation is 1. The van der Waals surface area contributed by atoms with Crippen LogP contribution in [0, 0.1) is 12.7 Å². The van der Waals surface area contributed by atoms with Gasteiger partial charge in [-0.15, -0.1) is 0 Å². The average Bonchev–Trinajstić information content (AvgIpc) is 2.32. The highest BCUT2D eigenvalue weighted by Crippen LogP contribution is 2.18. The van der Waals surface area contributed by atoms with Crippen molar-refractivity contribution in [2.24, 2.45) is 0 Å². The van der Waals surface area contributed by atoms with E-state index in [1.54, 1.807) is 12.1 Å². The molecule has 1 aromatic rings. The first-order valence-electron chi connectivity index (χ1n) is 6.33. The predicted octanol–water partition coefficient (Wildman–Crippen LogP) is 3.29. The van der Waals surface area contributed by atoms with Crippen molar-refractivity contribution < 1.29 is 9.13 Å². The molecule has 0 amide bonds. The summed E-state index contributed by atoms with van der Waals surface area (Å²) in [5, 5.41) is 3.27. The molecule has 1 aromatic carbocycles. The van der Waals surface area contributed by atoms with Crippen LogP contribution in [-0.2, 0) is 0 Å². The molecule has 1 rings (SSSR count). The van der Waals surface area contributed by atoms with Crippen LogP contribution in [0.5, 0.6) is 5.75 Å². The van der Waals surface area contributed by atoms with Crippen LogP contribution < -0.4 is 10.1 Å². The van der Waals surface area contributed by atoms with E-state index in [-0.39, 0.29) is 5.82 Å². The standard InChI is InChI=1S/C14H22FNO/c1-3-16-9-5-4-6-10-17-14-11-12(2)7-8-13(14)15/h7-8,11,16H,3-6,9-10H2,1-2H3. The number of hydrogen-bond donors (Lipinski definition) is 1. The van der Waals surface area contributed by atoms with Gasteiger partial charge in [-0.1, -0.05) is 13.0 Å². The van der Waals surface area contributed by atoms with Gasteiger partial charge in [-0.05, 0) is 57.0 Å². The van der Waals surface area contributed by atoms with Crippen LogP contribution in [0.1, 0.15) is 31.7 Å². The van der Waals surface area contributed by atoms with Crippen LogP contribution in [0.3, 0.4) is 0 Å². The molecule has 2 nitrogen and oxygen atoms in total. The van der Waals surface area contributed by atoms with Gasteiger partial charge in [0.15, 0.2) is 11.6 Å². The zero-order chi connectivity index (χ0) is 12.5. The van der Waals surface area contributed by atoms with Crippen molar-refractivity contribution in [1.29, 1.82) is 0 Å². The number of rotatable bonds is 8. The third-order valence-corrected chi connectivity index (χ3v) is 2.59. The number of benzene rings is 1. The SMILES string of the molecule is CCNCCCCCOc1cc(C)ccc1F. The van der Waals surface area contributed by atoms with Gasteiger partial charge in [0.2, 0.25) is 0 Å². The minimum Gasteiger partial charge on any atom is -0.491 e. The van der Waals surface area contributed by atoms with Crippen molar-refractivity contribution in [2.45, 2.75) is 33.1 Å². The summed E-state index contributed by atoms with van der Waals surface area (Å²) in [6.07, 6.45) is 3.23. The van der Waals surface area contributed by atoms with Gasteiger partial charge in [0.25, 0.3) is 0 Å². The number of halogens is 1. The molecule has 0 aromatic heterocycles. The number of hydrogen-bond acceptors (Lipinski definition) is 2. The van der Waals surface area contributed by atoms with Gasteiger partial charge >= 0.3 is 0 Å². The van der Waals surface area contributed by atoms with Crippen LogP contribution in [0.25, 0.3) is 0 Å². The van der Waals surface area contributed by atoms with E-state index in [1.165, 1.54) is 6.07 Å². The smallest absolute Gasteiger partial charge is 0.165 e. The lowest BCUT2D eigenvalue weighted by Gasteiger charge is -2.08. The van der Waals surface area contributed by atoms with E-state index >= 15 is 0 Å². The molecular formula is C14H22FNO. The summed E-state index contributed by atoms with van der Waals surface area (Å²) in [5.41, 5.74) is 1.02. The van der Waals surface area contributed by atoms with Crippen LogP contribution >= 0.6 is 0 Å². The Morgan fingerprint density at radius 1 is 1.24 bits per heavy atom. The van der Waals surface area contributed by atoms with Crippen molar-refractivity contribution in [3.8, 4) is 5.75 Å². The molecular weight excluding hydrogens is 217 g/mol. The second kappa shape index (κ2) is 8.07. The molecule has 0 aliphatic carbocycles. The van der Waals surface area contributed by atoms with Gasteiger partial charge in [-0.2, -0.15) is 0 Å². The van der Waals surface area contributed by atoms with E-state index < -0.39 is 0 Å². The Hall–Kier alpha value is -1.09. The molecule has 0 heterocycles. The van der Waals surface area contributed by atoms with Crippen molar-refractivity contribution in [3.63, 3.8) is 0 Å². The minimum absolute atomic E-state index is 0.275. The van der Waals surface area contributed by atoms with Crippen molar-refractivity contribution >= 4 is 0 Å². The van der Waals surface area contributed by atoms with E-state index in [2.05, 4.69) is 12.2 Å². The second-order valence-electron chi connectivity index (χ2n) is 4.20. The lowest BCUT2D eigenvalue weighted by Crippen LogP contribution is -2.14. The Kier molecular flexibility index (Phi) is 6.63. The van der Waals surface area contributed by atoms with Crippen LogP contribution in [0.15, 0.2) is 18.2 Å². The van der Waals surface area contributed by atoms with Gasteiger partial charge in [0, 0.05) is 0 Å². The van der Waals surface area contributed by atoms with Crippen LogP contribution in [0.2, 0.25) is 0 Å². The van der Waals surface area contributed by atoms with Crippen molar-refractivity contribution in [1.82, 2.24) is 5.32 Å². The van der Waals surface area contributed by atoms with Gasteiger partial charge < -0.3 is 10.1 Å². The largest absolute Gasteiger partial charge is 0.491 e. The monoisotopic (exact) mass is 239 g/mol. The predicted molar refractivity (Wildman–Crippen MR) is 69.0 cm³/mol. The number of ether oxygens (including phenoxy) is 1. The fraction of sp³-hybridized carbons (Fsp3) is 0.571. The van der Waals surface area contributed by atoms with Crippen molar-refractivity contribution in [3.05, 3.63) is 29.6 Å². The molecule has 0 atom stereocenters. The lowest BCUT2D eigenvalue weighted by atomic mass is 10.2. The summed E-state index contributed by atoms with van der Waals surface area (Å²) >= 11 is 0. The molecule has 0 saturated carbocycles. The number of nitrogens with one attached hydrogen (secondary N) is 1. The van der Waals surface area contributed by atoms with Crippen LogP contribution in [-0.4, -0.2) is 19.7 Å². The Morgan fingerprint density at radius 2 is 2.06 bits per heavy atom. The maximum Gasteiger partial charge on any atom is 0.165 e. The van der Waals surface area contributed by atoms with E-state index in [0.717, 1.165) is 37.9 Å². The quantitative estimate of drug-likeness (QED) is 0.703. The summed E-state index contributed by atoms with van der Waals surface area (Å²) in [4.78, 5) is 0. The Morgan fingerprint density at radius 3 is 2.82 bits per heavy atom.